The van der Waals surface area contributed by atoms with E-state index in [-0.39, 0.29) is 5.91 Å². The van der Waals surface area contributed by atoms with E-state index in [1.807, 2.05) is 4.90 Å². The van der Waals surface area contributed by atoms with E-state index in [0.29, 0.717) is 19.4 Å². The van der Waals surface area contributed by atoms with Crippen molar-refractivity contribution in [2.75, 3.05) is 46.9 Å². The van der Waals surface area contributed by atoms with Crippen molar-refractivity contribution in [2.24, 2.45) is 0 Å². The smallest absolute Gasteiger partial charge is 0.336 e. The molecule has 1 atom stereocenters. The van der Waals surface area contributed by atoms with Crippen LogP contribution in [0.1, 0.15) is 226 Å². The first-order valence-electron chi connectivity index (χ1n) is 23.2. The number of likely N-dealkylation sites (N-methyl/N-ethyl adjacent to an activating group) is 1. The molecule has 1 rings (SSSR count). The van der Waals surface area contributed by atoms with Crippen molar-refractivity contribution in [2.45, 2.75) is 226 Å². The topological polar surface area (TPSA) is 124 Å². The summed E-state index contributed by atoms with van der Waals surface area (Å²) < 4.78 is 32.0. The van der Waals surface area contributed by atoms with Gasteiger partial charge in [0.05, 0.1) is 39.6 Å². The van der Waals surface area contributed by atoms with Crippen molar-refractivity contribution in [1.82, 2.24) is 4.90 Å². The number of nitriles is 1. The second-order valence-corrected chi connectivity index (χ2v) is 17.6. The van der Waals surface area contributed by atoms with Gasteiger partial charge < -0.3 is 9.45 Å². The Morgan fingerprint density at radius 2 is 1.05 bits per heavy atom. The minimum Gasteiger partial charge on any atom is -0.726 e. The number of amidine groups is 1. The molecule has 1 aliphatic rings. The molecule has 0 saturated heterocycles. The van der Waals surface area contributed by atoms with Gasteiger partial charge in [0.1, 0.15) is 13.1 Å². The molecule has 0 aromatic heterocycles. The van der Waals surface area contributed by atoms with Crippen molar-refractivity contribution >= 4 is 22.1 Å². The van der Waals surface area contributed by atoms with Crippen LogP contribution in [0.3, 0.4) is 0 Å². The van der Waals surface area contributed by atoms with Gasteiger partial charge in [-0.2, -0.15) is 10.3 Å². The SMILES string of the molecule is CCCCCCCCCCCCCCCCCC(=O)N(CCC#N)CC[N+]1(C)CC[NH+]=C1CCCCCCCCCCCCCCCCC.COS(=O)(=O)[O-]. The first-order valence-corrected chi connectivity index (χ1v) is 24.6. The van der Waals surface area contributed by atoms with Crippen LogP contribution in [0.25, 0.3) is 0 Å². The van der Waals surface area contributed by atoms with E-state index < -0.39 is 10.4 Å². The fourth-order valence-corrected chi connectivity index (χ4v) is 7.73. The lowest BCUT2D eigenvalue weighted by molar-refractivity contribution is -0.817. The molecule has 0 fully saturated rings. The summed E-state index contributed by atoms with van der Waals surface area (Å²) in [4.78, 5) is 18.9. The summed E-state index contributed by atoms with van der Waals surface area (Å²) in [6.45, 7) is 9.02. The van der Waals surface area contributed by atoms with Gasteiger partial charge in [-0.15, -0.1) is 0 Å². The molecule has 0 aromatic rings. The molecule has 0 aliphatic carbocycles. The molecule has 1 heterocycles. The van der Waals surface area contributed by atoms with Gasteiger partial charge in [0.15, 0.2) is 6.54 Å². The monoisotopic (exact) mass is 798 g/mol. The summed E-state index contributed by atoms with van der Waals surface area (Å²) >= 11 is 0. The number of carbonyl (C=O) groups is 1. The number of nitrogens with zero attached hydrogens (tertiary/aromatic N) is 3. The maximum Gasteiger partial charge on any atom is 0.336 e. The zero-order chi connectivity index (χ0) is 40.7. The molecule has 0 radical (unpaired) electrons. The normalized spacial score (nSPS) is 15.4. The van der Waals surface area contributed by atoms with Gasteiger partial charge in [0.2, 0.25) is 16.3 Å². The van der Waals surface area contributed by atoms with Crippen LogP contribution in [0.5, 0.6) is 0 Å². The fraction of sp³-hybridized carbons (Fsp3) is 0.933. The molecule has 55 heavy (non-hydrogen) atoms. The average Bonchev–Trinajstić information content (AvgIpc) is 3.54. The quantitative estimate of drug-likeness (QED) is 0.0287. The Kier molecular flexibility index (Phi) is 36.9. The van der Waals surface area contributed by atoms with E-state index in [4.69, 9.17) is 0 Å². The number of amides is 1. The van der Waals surface area contributed by atoms with E-state index in [0.717, 1.165) is 57.0 Å². The minimum atomic E-state index is -4.41. The second-order valence-electron chi connectivity index (χ2n) is 16.5. The third-order valence-electron chi connectivity index (χ3n) is 11.5. The van der Waals surface area contributed by atoms with Gasteiger partial charge in [0, 0.05) is 13.0 Å². The summed E-state index contributed by atoms with van der Waals surface area (Å²) in [5.41, 5.74) is 0. The number of nitrogens with one attached hydrogen (secondary N) is 1. The molecule has 0 spiro atoms. The highest BCUT2D eigenvalue weighted by Crippen LogP contribution is 2.17. The van der Waals surface area contributed by atoms with Gasteiger partial charge >= 0.3 is 5.84 Å². The zero-order valence-electron chi connectivity index (χ0n) is 36.7. The van der Waals surface area contributed by atoms with E-state index in [9.17, 15) is 23.0 Å². The molecule has 1 N–H and O–H groups in total. The fourth-order valence-electron chi connectivity index (χ4n) is 7.73. The van der Waals surface area contributed by atoms with Gasteiger partial charge in [-0.05, 0) is 12.8 Å². The Morgan fingerprint density at radius 3 is 1.42 bits per heavy atom. The average molecular weight is 798 g/mol. The Bertz CT molecular complexity index is 1060. The third kappa shape index (κ3) is 34.2. The first-order chi connectivity index (χ1) is 26.6. The minimum absolute atomic E-state index is 0.257. The lowest BCUT2D eigenvalue weighted by atomic mass is 10.0. The molecule has 1 aliphatic heterocycles. The van der Waals surface area contributed by atoms with Crippen LogP contribution >= 0.6 is 0 Å². The predicted octanol–water partition coefficient (Wildman–Crippen LogP) is 10.3. The molecule has 1 unspecified atom stereocenters. The molecular formula is C45H89N4O5S+. The van der Waals surface area contributed by atoms with E-state index in [1.165, 1.54) is 186 Å². The van der Waals surface area contributed by atoms with Crippen molar-refractivity contribution < 1.29 is 31.4 Å². The first kappa shape index (κ1) is 53.5. The van der Waals surface area contributed by atoms with Crippen molar-refractivity contribution in [3.63, 3.8) is 0 Å². The van der Waals surface area contributed by atoms with Crippen molar-refractivity contribution in [3.05, 3.63) is 0 Å². The van der Waals surface area contributed by atoms with Gasteiger partial charge in [-0.3, -0.25) is 8.98 Å². The highest BCUT2D eigenvalue weighted by Gasteiger charge is 2.39. The molecule has 1 amide bonds. The van der Waals surface area contributed by atoms with Crippen molar-refractivity contribution in [3.8, 4) is 6.07 Å². The molecule has 9 nitrogen and oxygen atoms in total. The molecular weight excluding hydrogens is 709 g/mol. The molecule has 0 bridgehead atoms. The molecule has 10 heteroatoms. The van der Waals surface area contributed by atoms with Gasteiger partial charge in [-0.1, -0.05) is 194 Å². The molecule has 0 aromatic carbocycles. The van der Waals surface area contributed by atoms with E-state index in [1.54, 1.807) is 0 Å². The summed E-state index contributed by atoms with van der Waals surface area (Å²) in [6, 6.07) is 2.28. The van der Waals surface area contributed by atoms with E-state index >= 15 is 0 Å². The third-order valence-corrected chi connectivity index (χ3v) is 11.9. The van der Waals surface area contributed by atoms with Crippen LogP contribution in [0.15, 0.2) is 0 Å². The largest absolute Gasteiger partial charge is 0.726 e. The number of quaternary nitrogens is 1. The van der Waals surface area contributed by atoms with Crippen LogP contribution in [-0.4, -0.2) is 81.0 Å². The summed E-state index contributed by atoms with van der Waals surface area (Å²) in [5, 5.41) is 9.24. The number of unbranched alkanes of at least 4 members (excludes halogenated alkanes) is 28. The lowest BCUT2D eigenvalue weighted by Gasteiger charge is -2.30. The summed E-state index contributed by atoms with van der Waals surface area (Å²) in [6.07, 6.45) is 43.4. The summed E-state index contributed by atoms with van der Waals surface area (Å²) in [5.74, 6) is 1.72. The van der Waals surface area contributed by atoms with Crippen LogP contribution in [0, 0.1) is 11.3 Å². The number of rotatable bonds is 38. The molecule has 324 valence electrons. The highest BCUT2D eigenvalue weighted by atomic mass is 32.3. The van der Waals surface area contributed by atoms with Crippen LogP contribution < -0.4 is 4.99 Å². The van der Waals surface area contributed by atoms with Crippen LogP contribution in [-0.2, 0) is 19.4 Å². The zero-order valence-corrected chi connectivity index (χ0v) is 37.5. The molecule has 0 saturated carbocycles. The van der Waals surface area contributed by atoms with Crippen LogP contribution in [0.2, 0.25) is 0 Å². The Morgan fingerprint density at radius 1 is 0.691 bits per heavy atom. The Hall–Kier alpha value is -1.54. The van der Waals surface area contributed by atoms with Gasteiger partial charge in [-0.25, -0.2) is 12.9 Å². The highest BCUT2D eigenvalue weighted by molar-refractivity contribution is 7.80. The van der Waals surface area contributed by atoms with E-state index in [2.05, 4.69) is 36.1 Å². The standard InChI is InChI=1S/C44H85N4O.CH4O4S/c1-4-6-8-10-12-14-16-18-20-22-24-26-28-30-32-35-43-46-38-41-48(43,3)42-40-47(39-34-37-45)44(49)36-33-31-29-27-25-23-21-19-17-15-13-11-9-7-5-2;1-5-6(2,3)4/h4-36,38-42H2,1-3H3;1H3,(H,2,3,4)/q+1;. The number of hydrogen-bond acceptors (Lipinski definition) is 6. The maximum absolute atomic E-state index is 13.2. The maximum atomic E-state index is 13.2. The number of hydrogen-bond donors (Lipinski definition) is 1. The summed E-state index contributed by atoms with van der Waals surface area (Å²) in [7, 11) is -1.25. The predicted molar refractivity (Wildman–Crippen MR) is 229 cm³/mol. The second kappa shape index (κ2) is 38.0. The van der Waals surface area contributed by atoms with Crippen LogP contribution in [0.4, 0.5) is 0 Å². The number of carbonyl (C=O) groups excluding carboxylic acids is 1. The van der Waals surface area contributed by atoms with Crippen molar-refractivity contribution in [1.29, 1.82) is 5.26 Å². The lowest BCUT2D eigenvalue weighted by Crippen LogP contribution is -2.72. The Balaban J connectivity index is 0.00000447. The van der Waals surface area contributed by atoms with Gasteiger partial charge in [0.25, 0.3) is 0 Å². The Labute approximate surface area is 341 Å².